The number of aromatic nitrogens is 1. The number of benzene rings is 2. The summed E-state index contributed by atoms with van der Waals surface area (Å²) in [4.78, 5) is 38.3. The van der Waals surface area contributed by atoms with Crippen molar-refractivity contribution in [3.8, 4) is 5.75 Å². The number of carboxylic acid groups (broad SMARTS) is 2. The van der Waals surface area contributed by atoms with E-state index in [9.17, 15) is 14.4 Å². The van der Waals surface area contributed by atoms with Gasteiger partial charge in [-0.3, -0.25) is 19.3 Å². The van der Waals surface area contributed by atoms with E-state index < -0.39 is 18.4 Å². The zero-order valence-electron chi connectivity index (χ0n) is 21.0. The number of carbonyl (C=O) groups is 2. The van der Waals surface area contributed by atoms with Crippen LogP contribution in [0.3, 0.4) is 0 Å². The van der Waals surface area contributed by atoms with Crippen molar-refractivity contribution in [2.75, 3.05) is 44.2 Å². The molecule has 2 aromatic carbocycles. The Morgan fingerprint density at radius 1 is 0.947 bits per heavy atom. The molecule has 0 atom stereocenters. The summed E-state index contributed by atoms with van der Waals surface area (Å²) in [5, 5.41) is 20.0. The Kier molecular flexibility index (Phi) is 9.34. The van der Waals surface area contributed by atoms with E-state index in [1.54, 1.807) is 6.07 Å². The summed E-state index contributed by atoms with van der Waals surface area (Å²) in [6, 6.07) is 18.1. The summed E-state index contributed by atoms with van der Waals surface area (Å²) in [5.41, 5.74) is 2.11. The number of unbranched alkanes of at least 4 members (excludes halogenated alkanes) is 1. The average Bonchev–Trinajstić information content (AvgIpc) is 3.37. The van der Waals surface area contributed by atoms with Crippen LogP contribution in [0, 0.1) is 0 Å². The van der Waals surface area contributed by atoms with Crippen LogP contribution < -0.4 is 15.2 Å². The van der Waals surface area contributed by atoms with Crippen LogP contribution in [-0.4, -0.2) is 71.4 Å². The first-order valence-corrected chi connectivity index (χ1v) is 13.4. The third-order valence-corrected chi connectivity index (χ3v) is 7.20. The van der Waals surface area contributed by atoms with Crippen molar-refractivity contribution in [2.45, 2.75) is 19.3 Å². The molecule has 1 aliphatic rings. The van der Waals surface area contributed by atoms with E-state index in [4.69, 9.17) is 14.9 Å². The minimum Gasteiger partial charge on any atom is -0.494 e. The Bertz CT molecular complexity index is 1430. The molecule has 9 nitrogen and oxygen atoms in total. The normalized spacial score (nSPS) is 13.7. The number of hydrogen-bond acceptors (Lipinski definition) is 7. The molecule has 0 spiro atoms. The molecule has 1 saturated heterocycles. The lowest BCUT2D eigenvalue weighted by Crippen LogP contribution is -2.46. The van der Waals surface area contributed by atoms with Gasteiger partial charge in [0.05, 0.1) is 12.1 Å². The highest BCUT2D eigenvalue weighted by Crippen LogP contribution is 2.31. The van der Waals surface area contributed by atoms with Crippen LogP contribution in [0.4, 0.5) is 5.69 Å². The standard InChI is InChI=1S/C25H27N3O2S.C3H4O4/c29-25-9-7-19-6-8-20(18-22(19)26-25)30-16-2-1-11-27-12-14-28(15-13-27)23-4-3-5-24-21(23)10-17-31-24;4-2(5)1-3(6)7/h3-10,17-18H,1-2,11-16H2,(H,26,29);1H2,(H,4,5)(H,6,7). The largest absolute Gasteiger partial charge is 0.494 e. The number of nitrogens with one attached hydrogen (secondary N) is 1. The van der Waals surface area contributed by atoms with E-state index in [1.807, 2.05) is 35.6 Å². The van der Waals surface area contributed by atoms with Crippen molar-refractivity contribution in [1.29, 1.82) is 0 Å². The first-order valence-electron chi connectivity index (χ1n) is 12.5. The molecular formula is C28H31N3O6S. The molecule has 0 amide bonds. The van der Waals surface area contributed by atoms with E-state index in [0.717, 1.165) is 62.2 Å². The van der Waals surface area contributed by atoms with Gasteiger partial charge in [-0.25, -0.2) is 0 Å². The number of anilines is 1. The van der Waals surface area contributed by atoms with Gasteiger partial charge in [-0.2, -0.15) is 0 Å². The Balaban J connectivity index is 0.000000426. The van der Waals surface area contributed by atoms with Gasteiger partial charge < -0.3 is 24.8 Å². The van der Waals surface area contributed by atoms with Gasteiger partial charge >= 0.3 is 11.9 Å². The number of H-pyrrole nitrogens is 1. The zero-order valence-corrected chi connectivity index (χ0v) is 21.8. The number of ether oxygens (including phenoxy) is 1. The number of aliphatic carboxylic acids is 2. The highest BCUT2D eigenvalue weighted by molar-refractivity contribution is 7.17. The first kappa shape index (κ1) is 27.2. The predicted octanol–water partition coefficient (Wildman–Crippen LogP) is 4.27. The monoisotopic (exact) mass is 537 g/mol. The van der Waals surface area contributed by atoms with Gasteiger partial charge in [0, 0.05) is 54.1 Å². The SMILES string of the molecule is O=C(O)CC(=O)O.O=c1ccc2ccc(OCCCCN3CCN(c4cccc5sccc45)CC3)cc2[nH]1. The summed E-state index contributed by atoms with van der Waals surface area (Å²) < 4.78 is 7.28. The molecule has 3 heterocycles. The molecule has 1 aliphatic heterocycles. The maximum absolute atomic E-state index is 11.5. The highest BCUT2D eigenvalue weighted by atomic mass is 32.1. The third kappa shape index (κ3) is 7.56. The number of hydrogen-bond donors (Lipinski definition) is 3. The number of aromatic amines is 1. The van der Waals surface area contributed by atoms with E-state index in [0.29, 0.717) is 6.61 Å². The van der Waals surface area contributed by atoms with Crippen LogP contribution in [0.25, 0.3) is 21.0 Å². The average molecular weight is 538 g/mol. The molecule has 38 heavy (non-hydrogen) atoms. The second kappa shape index (κ2) is 13.1. The van der Waals surface area contributed by atoms with Gasteiger partial charge in [0.15, 0.2) is 0 Å². The van der Waals surface area contributed by atoms with Crippen LogP contribution in [-0.2, 0) is 9.59 Å². The van der Waals surface area contributed by atoms with Crippen LogP contribution >= 0.6 is 11.3 Å². The van der Waals surface area contributed by atoms with E-state index >= 15 is 0 Å². The number of rotatable bonds is 9. The number of thiophene rings is 1. The van der Waals surface area contributed by atoms with Gasteiger partial charge in [-0.1, -0.05) is 6.07 Å². The molecule has 0 radical (unpaired) electrons. The Hall–Kier alpha value is -3.89. The molecule has 0 aliphatic carbocycles. The Morgan fingerprint density at radius 3 is 2.45 bits per heavy atom. The highest BCUT2D eigenvalue weighted by Gasteiger charge is 2.18. The molecular weight excluding hydrogens is 506 g/mol. The maximum Gasteiger partial charge on any atom is 0.314 e. The lowest BCUT2D eigenvalue weighted by molar-refractivity contribution is -0.147. The predicted molar refractivity (Wildman–Crippen MR) is 150 cm³/mol. The van der Waals surface area contributed by atoms with Crippen molar-refractivity contribution in [2.24, 2.45) is 0 Å². The van der Waals surface area contributed by atoms with Crippen molar-refractivity contribution in [3.63, 3.8) is 0 Å². The summed E-state index contributed by atoms with van der Waals surface area (Å²) in [7, 11) is 0. The Morgan fingerprint density at radius 2 is 1.71 bits per heavy atom. The topological polar surface area (TPSA) is 123 Å². The quantitative estimate of drug-likeness (QED) is 0.214. The van der Waals surface area contributed by atoms with Crippen molar-refractivity contribution >= 4 is 50.0 Å². The van der Waals surface area contributed by atoms with E-state index in [1.165, 1.54) is 15.8 Å². The van der Waals surface area contributed by atoms with Crippen LogP contribution in [0.5, 0.6) is 5.75 Å². The van der Waals surface area contributed by atoms with Crippen LogP contribution in [0.2, 0.25) is 0 Å². The summed E-state index contributed by atoms with van der Waals surface area (Å²) >= 11 is 1.82. The molecule has 0 saturated carbocycles. The number of piperazine rings is 1. The minimum absolute atomic E-state index is 0.0863. The zero-order chi connectivity index (χ0) is 26.9. The minimum atomic E-state index is -1.31. The lowest BCUT2D eigenvalue weighted by Gasteiger charge is -2.36. The van der Waals surface area contributed by atoms with Gasteiger partial charge in [0.2, 0.25) is 5.56 Å². The molecule has 4 aromatic rings. The number of fused-ring (bicyclic) bond motifs is 2. The molecule has 3 N–H and O–H groups in total. The van der Waals surface area contributed by atoms with E-state index in [-0.39, 0.29) is 5.56 Å². The van der Waals surface area contributed by atoms with Crippen LogP contribution in [0.15, 0.2) is 64.8 Å². The second-order valence-electron chi connectivity index (χ2n) is 9.03. The lowest BCUT2D eigenvalue weighted by atomic mass is 10.2. The van der Waals surface area contributed by atoms with Gasteiger partial charge in [-0.15, -0.1) is 11.3 Å². The number of carboxylic acids is 2. The summed E-state index contributed by atoms with van der Waals surface area (Å²) in [5.74, 6) is -1.81. The summed E-state index contributed by atoms with van der Waals surface area (Å²) in [6.45, 7) is 6.20. The van der Waals surface area contributed by atoms with Gasteiger partial charge in [0.25, 0.3) is 0 Å². The van der Waals surface area contributed by atoms with Crippen LogP contribution in [0.1, 0.15) is 19.3 Å². The van der Waals surface area contributed by atoms with E-state index in [2.05, 4.69) is 44.4 Å². The number of nitrogens with zero attached hydrogens (tertiary/aromatic N) is 2. The molecule has 2 aromatic heterocycles. The first-order chi connectivity index (χ1) is 18.4. The molecule has 1 fully saturated rings. The smallest absolute Gasteiger partial charge is 0.314 e. The van der Waals surface area contributed by atoms with Crippen molar-refractivity contribution < 1.29 is 24.5 Å². The fourth-order valence-corrected chi connectivity index (χ4v) is 5.25. The molecule has 10 heteroatoms. The van der Waals surface area contributed by atoms with Crippen molar-refractivity contribution in [1.82, 2.24) is 9.88 Å². The van der Waals surface area contributed by atoms with Gasteiger partial charge in [0.1, 0.15) is 12.2 Å². The van der Waals surface area contributed by atoms with Crippen molar-refractivity contribution in [3.05, 3.63) is 70.3 Å². The molecule has 5 rings (SSSR count). The van der Waals surface area contributed by atoms with Gasteiger partial charge in [-0.05, 0) is 66.6 Å². The fraction of sp³-hybridized carbons (Fsp3) is 0.321. The second-order valence-corrected chi connectivity index (χ2v) is 9.98. The number of pyridine rings is 1. The summed E-state index contributed by atoms with van der Waals surface area (Å²) in [6.07, 6.45) is 1.35. The fourth-order valence-electron chi connectivity index (χ4n) is 4.44. The Labute approximate surface area is 223 Å². The molecule has 200 valence electrons. The maximum atomic E-state index is 11.5. The molecule has 0 unspecified atom stereocenters. The molecule has 0 bridgehead atoms. The third-order valence-electron chi connectivity index (χ3n) is 6.32.